The number of aliphatic hydroxyl groups excluding tert-OH is 2. The number of carbonyl (C=O) groups excluding carboxylic acids is 3. The largest absolute Gasteiger partial charge is 0.508 e. The predicted octanol–water partition coefficient (Wildman–Crippen LogP) is 2.29. The SMILES string of the molecule is CC(C)[C@@H](C)N(Cc1cc(O)c2c(c1N(C)C)C[C@H]1C[C@H]3[C@H](N(C)C)C(=O)C(C(N)=O)=C(O)[C@@]3(O)C(=O)C1=C2O)CC1CC1. The standard InChI is InChI=1S/C33H46N4O7/c1-15(2)16(3)37(13-17-8-9-17)14-19-12-22(38)24-20(26(19)35(4)5)10-18-11-21-27(36(6)7)29(40)25(32(34)43)31(42)33(21,44)30(41)23(18)28(24)39/h12,15-18,21,27,38-39,42,44H,8-11,13-14H2,1-7H3,(H2,34,43)/t16-,18+,21+,27+,33+/m1/s1. The summed E-state index contributed by atoms with van der Waals surface area (Å²) in [7, 11) is 7.00. The van der Waals surface area contributed by atoms with Crippen LogP contribution in [0.3, 0.4) is 0 Å². The number of anilines is 1. The van der Waals surface area contributed by atoms with Gasteiger partial charge in [0.15, 0.2) is 11.4 Å². The van der Waals surface area contributed by atoms with E-state index >= 15 is 0 Å². The first-order chi connectivity index (χ1) is 20.5. The van der Waals surface area contributed by atoms with Crippen LogP contribution in [0.2, 0.25) is 0 Å². The molecule has 11 nitrogen and oxygen atoms in total. The summed E-state index contributed by atoms with van der Waals surface area (Å²) in [6.45, 7) is 8.17. The molecule has 0 heterocycles. The van der Waals surface area contributed by atoms with E-state index < -0.39 is 58.0 Å². The molecule has 2 saturated carbocycles. The number of primary amides is 1. The lowest BCUT2D eigenvalue weighted by Crippen LogP contribution is -2.65. The van der Waals surface area contributed by atoms with E-state index in [0.29, 0.717) is 30.0 Å². The van der Waals surface area contributed by atoms with Crippen LogP contribution in [0.15, 0.2) is 23.0 Å². The number of nitrogens with two attached hydrogens (primary N) is 1. The van der Waals surface area contributed by atoms with Gasteiger partial charge in [0.1, 0.15) is 22.8 Å². The molecule has 0 radical (unpaired) electrons. The van der Waals surface area contributed by atoms with Gasteiger partial charge in [0.05, 0.1) is 11.6 Å². The summed E-state index contributed by atoms with van der Waals surface area (Å²) in [5.41, 5.74) is 4.34. The van der Waals surface area contributed by atoms with Gasteiger partial charge in [0, 0.05) is 50.4 Å². The number of benzene rings is 1. The summed E-state index contributed by atoms with van der Waals surface area (Å²) < 4.78 is 0. The number of hydrogen-bond donors (Lipinski definition) is 5. The molecule has 0 spiro atoms. The number of phenolic OH excluding ortho intramolecular Hbond substituents is 1. The van der Waals surface area contributed by atoms with E-state index in [9.17, 15) is 34.8 Å². The minimum atomic E-state index is -2.65. The van der Waals surface area contributed by atoms with Crippen LogP contribution in [0.5, 0.6) is 5.75 Å². The topological polar surface area (TPSA) is 168 Å². The summed E-state index contributed by atoms with van der Waals surface area (Å²) in [6.07, 6.45) is 2.74. The average molecular weight is 611 g/mol. The molecule has 11 heteroatoms. The fourth-order valence-corrected chi connectivity index (χ4v) is 7.69. The van der Waals surface area contributed by atoms with E-state index in [2.05, 4.69) is 25.7 Å². The lowest BCUT2D eigenvalue weighted by atomic mass is 9.57. The Morgan fingerprint density at radius 2 is 1.73 bits per heavy atom. The third kappa shape index (κ3) is 4.89. The van der Waals surface area contributed by atoms with Gasteiger partial charge in [-0.1, -0.05) is 13.8 Å². The van der Waals surface area contributed by atoms with Gasteiger partial charge in [-0.15, -0.1) is 0 Å². The lowest BCUT2D eigenvalue weighted by molar-refractivity contribution is -0.153. The molecule has 4 aliphatic rings. The summed E-state index contributed by atoms with van der Waals surface area (Å²) in [5, 5.41) is 45.9. The smallest absolute Gasteiger partial charge is 0.255 e. The number of hydrogen-bond acceptors (Lipinski definition) is 10. The first kappa shape index (κ1) is 32.0. The second-order valence-electron chi connectivity index (χ2n) is 14.0. The molecule has 0 unspecified atom stereocenters. The Morgan fingerprint density at radius 1 is 1.09 bits per heavy atom. The van der Waals surface area contributed by atoms with Crippen molar-refractivity contribution >= 4 is 28.9 Å². The van der Waals surface area contributed by atoms with E-state index in [4.69, 9.17) is 5.73 Å². The van der Waals surface area contributed by atoms with Crippen LogP contribution in [-0.4, -0.2) is 100 Å². The van der Waals surface area contributed by atoms with Gasteiger partial charge < -0.3 is 31.1 Å². The highest BCUT2D eigenvalue weighted by molar-refractivity contribution is 6.24. The molecule has 1 aromatic carbocycles. The van der Waals surface area contributed by atoms with Gasteiger partial charge >= 0.3 is 0 Å². The van der Waals surface area contributed by atoms with Crippen molar-refractivity contribution in [2.45, 2.75) is 70.7 Å². The zero-order valence-corrected chi connectivity index (χ0v) is 26.7. The van der Waals surface area contributed by atoms with E-state index in [1.165, 1.54) is 17.7 Å². The summed E-state index contributed by atoms with van der Waals surface area (Å²) in [6, 6.07) is 0.830. The quantitative estimate of drug-likeness (QED) is 0.262. The number of rotatable bonds is 9. The summed E-state index contributed by atoms with van der Waals surface area (Å²) in [4.78, 5) is 45.6. The molecular weight excluding hydrogens is 564 g/mol. The molecular formula is C33H46N4O7. The van der Waals surface area contributed by atoms with Crippen LogP contribution in [0.1, 0.15) is 56.7 Å². The van der Waals surface area contributed by atoms with Gasteiger partial charge in [-0.05, 0) is 81.6 Å². The van der Waals surface area contributed by atoms with Gasteiger partial charge in [-0.25, -0.2) is 0 Å². The number of amides is 1. The van der Waals surface area contributed by atoms with Crippen LogP contribution < -0.4 is 10.6 Å². The highest BCUT2D eigenvalue weighted by Crippen LogP contribution is 2.54. The molecule has 0 bridgehead atoms. The molecule has 2 fully saturated rings. The number of phenols is 1. The zero-order chi connectivity index (χ0) is 32.6. The molecule has 5 atom stereocenters. The van der Waals surface area contributed by atoms with E-state index in [1.807, 2.05) is 19.0 Å². The predicted molar refractivity (Wildman–Crippen MR) is 166 cm³/mol. The number of likely N-dealkylation sites (N-methyl/N-ethyl adjacent to an activating group) is 1. The molecule has 240 valence electrons. The molecule has 44 heavy (non-hydrogen) atoms. The van der Waals surface area contributed by atoms with Crippen molar-refractivity contribution in [2.24, 2.45) is 29.4 Å². The highest BCUT2D eigenvalue weighted by Gasteiger charge is 2.64. The second kappa shape index (κ2) is 11.2. The normalized spacial score (nSPS) is 27.6. The molecule has 1 amide bonds. The van der Waals surface area contributed by atoms with E-state index in [-0.39, 0.29) is 29.7 Å². The van der Waals surface area contributed by atoms with Crippen molar-refractivity contribution in [2.75, 3.05) is 39.6 Å². The first-order valence-corrected chi connectivity index (χ1v) is 15.5. The van der Waals surface area contributed by atoms with Crippen molar-refractivity contribution in [3.05, 3.63) is 39.7 Å². The maximum Gasteiger partial charge on any atom is 0.255 e. The Balaban J connectivity index is 1.66. The monoisotopic (exact) mass is 610 g/mol. The van der Waals surface area contributed by atoms with Crippen molar-refractivity contribution < 1.29 is 34.8 Å². The third-order valence-electron chi connectivity index (χ3n) is 10.3. The van der Waals surface area contributed by atoms with Crippen LogP contribution in [0, 0.1) is 23.7 Å². The van der Waals surface area contributed by atoms with Crippen LogP contribution in [-0.2, 0) is 27.3 Å². The highest BCUT2D eigenvalue weighted by atomic mass is 16.3. The summed E-state index contributed by atoms with van der Waals surface area (Å²) >= 11 is 0. The summed E-state index contributed by atoms with van der Waals surface area (Å²) in [5.74, 6) is -5.41. The Labute approximate surface area is 258 Å². The fourth-order valence-electron chi connectivity index (χ4n) is 7.69. The Morgan fingerprint density at radius 3 is 2.25 bits per heavy atom. The van der Waals surface area contributed by atoms with Crippen LogP contribution in [0.25, 0.3) is 5.76 Å². The Bertz CT molecular complexity index is 1470. The number of carbonyl (C=O) groups is 3. The van der Waals surface area contributed by atoms with Gasteiger partial charge in [0.2, 0.25) is 5.78 Å². The molecule has 4 aliphatic carbocycles. The maximum atomic E-state index is 14.1. The third-order valence-corrected chi connectivity index (χ3v) is 10.3. The zero-order valence-electron chi connectivity index (χ0n) is 26.7. The van der Waals surface area contributed by atoms with E-state index in [1.54, 1.807) is 20.2 Å². The number of nitrogens with zero attached hydrogens (tertiary/aromatic N) is 3. The molecule has 6 N–H and O–H groups in total. The minimum Gasteiger partial charge on any atom is -0.508 e. The maximum absolute atomic E-state index is 14.1. The number of Topliss-reactive ketones (excluding diaryl/α,β-unsaturated/α-hetero) is 2. The Kier molecular flexibility index (Phi) is 8.14. The lowest BCUT2D eigenvalue weighted by Gasteiger charge is -2.50. The fraction of sp³-hybridized carbons (Fsp3) is 0.606. The van der Waals surface area contributed by atoms with Gasteiger partial charge in [-0.3, -0.25) is 24.2 Å². The molecule has 0 aromatic heterocycles. The number of ketones is 2. The number of aromatic hydroxyl groups is 1. The molecule has 1 aromatic rings. The van der Waals surface area contributed by atoms with Crippen molar-refractivity contribution in [3.8, 4) is 5.75 Å². The van der Waals surface area contributed by atoms with Crippen molar-refractivity contribution in [1.82, 2.24) is 9.80 Å². The Hall–Kier alpha value is -3.41. The number of fused-ring (bicyclic) bond motifs is 3. The van der Waals surface area contributed by atoms with Gasteiger partial charge in [-0.2, -0.15) is 0 Å². The average Bonchev–Trinajstić information content (AvgIpc) is 3.73. The molecule has 5 rings (SSSR count). The van der Waals surface area contributed by atoms with Crippen LogP contribution in [0.4, 0.5) is 5.69 Å². The number of aliphatic hydroxyl groups is 3. The first-order valence-electron chi connectivity index (χ1n) is 15.5. The minimum absolute atomic E-state index is 0.0573. The van der Waals surface area contributed by atoms with Crippen molar-refractivity contribution in [1.29, 1.82) is 0 Å². The van der Waals surface area contributed by atoms with E-state index in [0.717, 1.165) is 17.8 Å². The second-order valence-corrected chi connectivity index (χ2v) is 14.0. The van der Waals surface area contributed by atoms with Gasteiger partial charge in [0.25, 0.3) is 5.91 Å². The van der Waals surface area contributed by atoms with Crippen molar-refractivity contribution in [3.63, 3.8) is 0 Å². The van der Waals surface area contributed by atoms with Crippen LogP contribution >= 0.6 is 0 Å². The molecule has 0 aliphatic heterocycles. The molecule has 0 saturated heterocycles.